The van der Waals surface area contributed by atoms with Crippen molar-refractivity contribution in [3.05, 3.63) is 124 Å². The van der Waals surface area contributed by atoms with Gasteiger partial charge in [-0.05, 0) is 53.1 Å². The molecule has 2 N–H and O–H groups in total. The van der Waals surface area contributed by atoms with Crippen molar-refractivity contribution in [2.24, 2.45) is 10.1 Å². The fourth-order valence-electron chi connectivity index (χ4n) is 4.58. The molecule has 1 aliphatic rings. The number of azide groups is 1. The first-order valence-corrected chi connectivity index (χ1v) is 12.9. The van der Waals surface area contributed by atoms with E-state index in [9.17, 15) is 13.6 Å². The topological polar surface area (TPSA) is 129 Å². The van der Waals surface area contributed by atoms with E-state index in [4.69, 9.17) is 25.1 Å². The van der Waals surface area contributed by atoms with Gasteiger partial charge in [0.2, 0.25) is 5.90 Å². The number of ether oxygens (including phenoxy) is 2. The minimum Gasteiger partial charge on any atom is -0.494 e. The van der Waals surface area contributed by atoms with Crippen LogP contribution in [0.1, 0.15) is 41.2 Å². The fraction of sp³-hybridized carbons (Fsp3) is 0.267. The van der Waals surface area contributed by atoms with E-state index in [1.54, 1.807) is 48.5 Å². The van der Waals surface area contributed by atoms with Crippen molar-refractivity contribution < 1.29 is 28.2 Å². The first kappa shape index (κ1) is 29.3. The van der Waals surface area contributed by atoms with Crippen LogP contribution in [0.2, 0.25) is 0 Å². The Labute approximate surface area is 235 Å². The van der Waals surface area contributed by atoms with E-state index in [0.717, 1.165) is 12.1 Å². The molecule has 0 saturated heterocycles. The van der Waals surface area contributed by atoms with Crippen LogP contribution in [0.15, 0.2) is 89.5 Å². The summed E-state index contributed by atoms with van der Waals surface area (Å²) in [6.07, 6.45) is 1.07. The molecular formula is C30H29F2N5O4. The van der Waals surface area contributed by atoms with Crippen molar-refractivity contribution >= 4 is 11.8 Å². The maximum Gasteiger partial charge on any atom is 0.252 e. The summed E-state index contributed by atoms with van der Waals surface area (Å²) in [5.41, 5.74) is 8.79. The number of aliphatic imine (C=N–C) groups is 1. The first-order chi connectivity index (χ1) is 19.9. The highest BCUT2D eigenvalue weighted by Crippen LogP contribution is 2.44. The molecule has 1 amide bonds. The van der Waals surface area contributed by atoms with Crippen molar-refractivity contribution in [2.75, 3.05) is 13.2 Å². The third-order valence-corrected chi connectivity index (χ3v) is 6.61. The van der Waals surface area contributed by atoms with E-state index in [0.29, 0.717) is 35.5 Å². The van der Waals surface area contributed by atoms with Crippen LogP contribution in [0.25, 0.3) is 10.4 Å². The molecule has 9 nitrogen and oxygen atoms in total. The molecule has 4 rings (SSSR count). The molecule has 212 valence electrons. The molecule has 1 aliphatic heterocycles. The third kappa shape index (κ3) is 6.54. The van der Waals surface area contributed by atoms with Crippen molar-refractivity contribution in [1.29, 1.82) is 0 Å². The zero-order chi connectivity index (χ0) is 29.2. The van der Waals surface area contributed by atoms with Gasteiger partial charge in [-0.2, -0.15) is 0 Å². The molecule has 0 radical (unpaired) electrons. The molecule has 1 heterocycles. The van der Waals surface area contributed by atoms with Crippen LogP contribution in [-0.4, -0.2) is 35.7 Å². The molecular weight excluding hydrogens is 532 g/mol. The van der Waals surface area contributed by atoms with Gasteiger partial charge in [0, 0.05) is 42.0 Å². The highest BCUT2D eigenvalue weighted by Gasteiger charge is 2.53. The number of hydrogen-bond donors (Lipinski definition) is 2. The second-order valence-corrected chi connectivity index (χ2v) is 9.25. The maximum absolute atomic E-state index is 14.3. The van der Waals surface area contributed by atoms with Crippen molar-refractivity contribution in [1.82, 2.24) is 5.32 Å². The lowest BCUT2D eigenvalue weighted by molar-refractivity contribution is -0.129. The quantitative estimate of drug-likeness (QED) is 0.0914. The van der Waals surface area contributed by atoms with Crippen LogP contribution in [0.4, 0.5) is 8.78 Å². The summed E-state index contributed by atoms with van der Waals surface area (Å²) in [6.45, 7) is 3.78. The van der Waals surface area contributed by atoms with E-state index in [-0.39, 0.29) is 31.0 Å². The average molecular weight is 562 g/mol. The highest BCUT2D eigenvalue weighted by atomic mass is 19.1. The standard InChI is InChI=1S/C30H29F2N5O4/c1-2-15-30(29(39)34-19-24-25(31)9-5-10-26(24)32)27(23-8-4-3-7-21(23)18-35-37-33)41-28(36-30)20-11-13-22(14-12-20)40-17-6-16-38/h2-5,7-14,27,38H,1,6,15-19H2,(H,34,39)/t27-,30-/m1/s1. The van der Waals surface area contributed by atoms with Gasteiger partial charge in [-0.25, -0.2) is 13.8 Å². The number of halogens is 2. The first-order valence-electron chi connectivity index (χ1n) is 12.9. The average Bonchev–Trinajstić information content (AvgIpc) is 3.37. The molecule has 0 aromatic heterocycles. The summed E-state index contributed by atoms with van der Waals surface area (Å²) < 4.78 is 40.6. The Morgan fingerprint density at radius 1 is 1.17 bits per heavy atom. The monoisotopic (exact) mass is 561 g/mol. The highest BCUT2D eigenvalue weighted by molar-refractivity contribution is 6.01. The van der Waals surface area contributed by atoms with Crippen molar-refractivity contribution in [3.8, 4) is 5.75 Å². The summed E-state index contributed by atoms with van der Waals surface area (Å²) in [4.78, 5) is 21.5. The maximum atomic E-state index is 14.3. The Morgan fingerprint density at radius 2 is 1.90 bits per heavy atom. The second-order valence-electron chi connectivity index (χ2n) is 9.25. The predicted octanol–water partition coefficient (Wildman–Crippen LogP) is 5.69. The number of carbonyl (C=O) groups excluding carboxylic acids is 1. The van der Waals surface area contributed by atoms with E-state index >= 15 is 0 Å². The van der Waals surface area contributed by atoms with Gasteiger partial charge in [0.25, 0.3) is 5.91 Å². The molecule has 41 heavy (non-hydrogen) atoms. The molecule has 0 spiro atoms. The Bertz CT molecular complexity index is 1450. The SMILES string of the molecule is C=CC[C@@]1(C(=O)NCc2c(F)cccc2F)N=C(c2ccc(OCCCO)cc2)O[C@@H]1c1ccccc1CN=[N+]=[N-]. The van der Waals surface area contributed by atoms with Crippen LogP contribution in [0, 0.1) is 11.6 Å². The molecule has 0 fully saturated rings. The zero-order valence-electron chi connectivity index (χ0n) is 22.2. The number of aliphatic hydroxyl groups is 1. The summed E-state index contributed by atoms with van der Waals surface area (Å²) in [7, 11) is 0. The summed E-state index contributed by atoms with van der Waals surface area (Å²) in [6, 6.07) is 17.4. The molecule has 0 saturated carbocycles. The summed E-state index contributed by atoms with van der Waals surface area (Å²) in [5.74, 6) is -1.44. The normalized spacial score (nSPS) is 17.6. The van der Waals surface area contributed by atoms with Gasteiger partial charge in [0.05, 0.1) is 13.2 Å². The number of benzene rings is 3. The molecule has 3 aromatic rings. The van der Waals surface area contributed by atoms with Crippen LogP contribution in [-0.2, 0) is 22.6 Å². The lowest BCUT2D eigenvalue weighted by Crippen LogP contribution is -2.48. The van der Waals surface area contributed by atoms with Crippen LogP contribution in [0.5, 0.6) is 5.75 Å². The van der Waals surface area contributed by atoms with Gasteiger partial charge in [-0.3, -0.25) is 4.79 Å². The zero-order valence-corrected chi connectivity index (χ0v) is 22.2. The molecule has 0 unspecified atom stereocenters. The van der Waals surface area contributed by atoms with Gasteiger partial charge in [-0.15, -0.1) is 6.58 Å². The number of carbonyl (C=O) groups is 1. The van der Waals surface area contributed by atoms with Crippen LogP contribution in [0.3, 0.4) is 0 Å². The third-order valence-electron chi connectivity index (χ3n) is 6.61. The number of nitrogens with zero attached hydrogens (tertiary/aromatic N) is 4. The van der Waals surface area contributed by atoms with Gasteiger partial charge in [0.1, 0.15) is 17.4 Å². The largest absolute Gasteiger partial charge is 0.494 e. The number of nitrogens with one attached hydrogen (secondary N) is 1. The lowest BCUT2D eigenvalue weighted by atomic mass is 9.82. The Morgan fingerprint density at radius 3 is 2.59 bits per heavy atom. The molecule has 0 bridgehead atoms. The van der Waals surface area contributed by atoms with Gasteiger partial charge in [0.15, 0.2) is 11.6 Å². The molecule has 3 aromatic carbocycles. The van der Waals surface area contributed by atoms with E-state index in [1.807, 2.05) is 0 Å². The minimum absolute atomic E-state index is 0.00791. The van der Waals surface area contributed by atoms with E-state index in [1.165, 1.54) is 12.1 Å². The number of amides is 1. The number of aliphatic hydroxyl groups excluding tert-OH is 1. The van der Waals surface area contributed by atoms with E-state index < -0.39 is 35.7 Å². The molecule has 0 aliphatic carbocycles. The van der Waals surface area contributed by atoms with Crippen molar-refractivity contribution in [2.45, 2.75) is 37.6 Å². The van der Waals surface area contributed by atoms with E-state index in [2.05, 4.69) is 21.9 Å². The molecule has 2 atom stereocenters. The van der Waals surface area contributed by atoms with Crippen LogP contribution >= 0.6 is 0 Å². The number of rotatable bonds is 13. The second kappa shape index (κ2) is 13.6. The fourth-order valence-corrected chi connectivity index (χ4v) is 4.58. The van der Waals surface area contributed by atoms with Gasteiger partial charge >= 0.3 is 0 Å². The van der Waals surface area contributed by atoms with Crippen LogP contribution < -0.4 is 10.1 Å². The summed E-state index contributed by atoms with van der Waals surface area (Å²) >= 11 is 0. The summed E-state index contributed by atoms with van der Waals surface area (Å²) in [5, 5.41) is 15.3. The Kier molecular flexibility index (Phi) is 9.68. The Balaban J connectivity index is 1.74. The number of hydrogen-bond acceptors (Lipinski definition) is 6. The molecule has 11 heteroatoms. The minimum atomic E-state index is -1.60. The van der Waals surface area contributed by atoms with Gasteiger partial charge < -0.3 is 19.9 Å². The lowest BCUT2D eigenvalue weighted by Gasteiger charge is -2.30. The predicted molar refractivity (Wildman–Crippen MR) is 149 cm³/mol. The smallest absolute Gasteiger partial charge is 0.252 e. The van der Waals surface area contributed by atoms with Crippen molar-refractivity contribution in [3.63, 3.8) is 0 Å². The van der Waals surface area contributed by atoms with Gasteiger partial charge in [-0.1, -0.05) is 41.5 Å². The Hall–Kier alpha value is -4.73.